The number of rotatable bonds is 6. The lowest BCUT2D eigenvalue weighted by Crippen LogP contribution is -2.17. The summed E-state index contributed by atoms with van der Waals surface area (Å²) < 4.78 is 11.6. The van der Waals surface area contributed by atoms with Crippen molar-refractivity contribution in [3.63, 3.8) is 0 Å². The van der Waals surface area contributed by atoms with Crippen LogP contribution < -0.4 is 14.9 Å². The molecule has 0 radical (unpaired) electrons. The molecular weight excluding hydrogens is 408 g/mol. The van der Waals surface area contributed by atoms with Crippen LogP contribution in [0.1, 0.15) is 15.9 Å². The molecule has 0 atom stereocenters. The van der Waals surface area contributed by atoms with E-state index in [4.69, 9.17) is 9.47 Å². The second-order valence-corrected chi connectivity index (χ2v) is 6.39. The van der Waals surface area contributed by atoms with Gasteiger partial charge in [-0.05, 0) is 64.0 Å². The number of carbonyl (C=O) groups excluding carboxylic acids is 1. The van der Waals surface area contributed by atoms with E-state index in [0.29, 0.717) is 21.5 Å². The van der Waals surface area contributed by atoms with E-state index in [1.165, 1.54) is 0 Å². The van der Waals surface area contributed by atoms with Gasteiger partial charge < -0.3 is 9.47 Å². The number of hydrogen-bond acceptors (Lipinski definition) is 4. The molecule has 0 saturated carbocycles. The van der Waals surface area contributed by atoms with E-state index in [9.17, 15) is 4.79 Å². The summed E-state index contributed by atoms with van der Waals surface area (Å²) in [6.07, 6.45) is 1.56. The van der Waals surface area contributed by atoms with Gasteiger partial charge in [0.1, 0.15) is 17.2 Å². The van der Waals surface area contributed by atoms with Gasteiger partial charge in [0, 0.05) is 5.56 Å². The van der Waals surface area contributed by atoms with E-state index in [1.807, 2.05) is 54.6 Å². The van der Waals surface area contributed by atoms with Crippen molar-refractivity contribution in [2.24, 2.45) is 5.10 Å². The van der Waals surface area contributed by atoms with Crippen molar-refractivity contribution >= 4 is 28.1 Å². The van der Waals surface area contributed by atoms with Gasteiger partial charge in [-0.15, -0.1) is 0 Å². The first-order chi connectivity index (χ1) is 13.2. The number of methoxy groups -OCH3 is 1. The number of benzene rings is 3. The zero-order valence-electron chi connectivity index (χ0n) is 14.6. The van der Waals surface area contributed by atoms with Crippen molar-refractivity contribution in [2.45, 2.75) is 0 Å². The molecule has 0 bridgehead atoms. The molecule has 0 aromatic heterocycles. The third-order valence-electron chi connectivity index (χ3n) is 3.63. The Balaban J connectivity index is 1.63. The highest BCUT2D eigenvalue weighted by Gasteiger charge is 2.08. The van der Waals surface area contributed by atoms with Crippen LogP contribution in [0, 0.1) is 0 Å². The Labute approximate surface area is 165 Å². The predicted octanol–water partition coefficient (Wildman–Crippen LogP) is 5.01. The molecular formula is C21H17BrN2O3. The monoisotopic (exact) mass is 424 g/mol. The van der Waals surface area contributed by atoms with E-state index in [2.05, 4.69) is 26.5 Å². The number of nitrogens with one attached hydrogen (secondary N) is 1. The maximum absolute atomic E-state index is 12.2. The maximum atomic E-state index is 12.2. The Hall–Kier alpha value is -3.12. The summed E-state index contributed by atoms with van der Waals surface area (Å²) in [5.41, 5.74) is 3.79. The van der Waals surface area contributed by atoms with Gasteiger partial charge in [-0.1, -0.05) is 30.3 Å². The number of hydrogen-bond donors (Lipinski definition) is 1. The maximum Gasteiger partial charge on any atom is 0.271 e. The first kappa shape index (κ1) is 18.7. The zero-order chi connectivity index (χ0) is 19.1. The quantitative estimate of drug-likeness (QED) is 0.446. The first-order valence-corrected chi connectivity index (χ1v) is 8.95. The van der Waals surface area contributed by atoms with Crippen LogP contribution in [0.15, 0.2) is 82.4 Å². The molecule has 1 N–H and O–H groups in total. The second-order valence-electron chi connectivity index (χ2n) is 5.54. The van der Waals surface area contributed by atoms with E-state index < -0.39 is 0 Å². The SMILES string of the molecule is COc1ccc(C(=O)N/N=C/c2cccc(Oc3ccccc3)c2)cc1Br. The number of nitrogens with zero attached hydrogens (tertiary/aromatic N) is 1. The third-order valence-corrected chi connectivity index (χ3v) is 4.25. The van der Waals surface area contributed by atoms with Gasteiger partial charge in [0.25, 0.3) is 5.91 Å². The van der Waals surface area contributed by atoms with Crippen LogP contribution in [0.2, 0.25) is 0 Å². The van der Waals surface area contributed by atoms with Gasteiger partial charge in [-0.2, -0.15) is 5.10 Å². The van der Waals surface area contributed by atoms with Gasteiger partial charge in [-0.3, -0.25) is 4.79 Å². The lowest BCUT2D eigenvalue weighted by Gasteiger charge is -2.06. The summed E-state index contributed by atoms with van der Waals surface area (Å²) in [5.74, 6) is 1.79. The normalized spacial score (nSPS) is 10.6. The van der Waals surface area contributed by atoms with Gasteiger partial charge in [0.15, 0.2) is 0 Å². The minimum Gasteiger partial charge on any atom is -0.496 e. The number of amides is 1. The summed E-state index contributed by atoms with van der Waals surface area (Å²) in [4.78, 5) is 12.2. The van der Waals surface area contributed by atoms with Crippen LogP contribution in [0.4, 0.5) is 0 Å². The Kier molecular flexibility index (Phi) is 6.22. The van der Waals surface area contributed by atoms with Gasteiger partial charge in [0.05, 0.1) is 17.8 Å². The lowest BCUT2D eigenvalue weighted by atomic mass is 10.2. The summed E-state index contributed by atoms with van der Waals surface area (Å²) in [7, 11) is 1.57. The minimum absolute atomic E-state index is 0.314. The van der Waals surface area contributed by atoms with Crippen molar-refractivity contribution in [3.05, 3.63) is 88.4 Å². The van der Waals surface area contributed by atoms with Crippen molar-refractivity contribution in [2.75, 3.05) is 7.11 Å². The number of para-hydroxylation sites is 1. The molecule has 0 spiro atoms. The second kappa shape index (κ2) is 9.00. The van der Waals surface area contributed by atoms with Crippen molar-refractivity contribution in [1.82, 2.24) is 5.43 Å². The molecule has 0 heterocycles. The fraction of sp³-hybridized carbons (Fsp3) is 0.0476. The molecule has 3 aromatic carbocycles. The minimum atomic E-state index is -0.314. The van der Waals surface area contributed by atoms with Crippen LogP contribution in [0.3, 0.4) is 0 Å². The van der Waals surface area contributed by atoms with E-state index in [-0.39, 0.29) is 5.91 Å². The predicted molar refractivity (Wildman–Crippen MR) is 109 cm³/mol. The molecule has 6 heteroatoms. The summed E-state index contributed by atoms with van der Waals surface area (Å²) in [5, 5.41) is 4.01. The van der Waals surface area contributed by atoms with Crippen molar-refractivity contribution in [3.8, 4) is 17.2 Å². The molecule has 3 rings (SSSR count). The van der Waals surface area contributed by atoms with E-state index in [0.717, 1.165) is 11.3 Å². The Morgan fingerprint density at radius 3 is 2.52 bits per heavy atom. The van der Waals surface area contributed by atoms with Crippen LogP contribution in [0.25, 0.3) is 0 Å². The molecule has 0 aliphatic heterocycles. The summed E-state index contributed by atoms with van der Waals surface area (Å²) in [6, 6.07) is 22.0. The molecule has 0 fully saturated rings. The fourth-order valence-corrected chi connectivity index (χ4v) is 2.86. The topological polar surface area (TPSA) is 59.9 Å². The smallest absolute Gasteiger partial charge is 0.271 e. The molecule has 136 valence electrons. The van der Waals surface area contributed by atoms with Crippen molar-refractivity contribution < 1.29 is 14.3 Å². The summed E-state index contributed by atoms with van der Waals surface area (Å²) in [6.45, 7) is 0. The molecule has 0 aliphatic rings. The zero-order valence-corrected chi connectivity index (χ0v) is 16.1. The van der Waals surface area contributed by atoms with E-state index >= 15 is 0 Å². The highest BCUT2D eigenvalue weighted by molar-refractivity contribution is 9.10. The van der Waals surface area contributed by atoms with Crippen molar-refractivity contribution in [1.29, 1.82) is 0 Å². The molecule has 0 unspecified atom stereocenters. The number of hydrazone groups is 1. The molecule has 5 nitrogen and oxygen atoms in total. The highest BCUT2D eigenvalue weighted by atomic mass is 79.9. The summed E-state index contributed by atoms with van der Waals surface area (Å²) >= 11 is 3.36. The number of carbonyl (C=O) groups is 1. The standard InChI is InChI=1S/C21H17BrN2O3/c1-26-20-11-10-16(13-19(20)22)21(25)24-23-14-15-6-5-9-18(12-15)27-17-7-3-2-4-8-17/h2-14H,1H3,(H,24,25)/b23-14+. The Morgan fingerprint density at radius 2 is 1.78 bits per heavy atom. The van der Waals surface area contributed by atoms with E-state index in [1.54, 1.807) is 31.5 Å². The number of halogens is 1. The number of ether oxygens (including phenoxy) is 2. The average Bonchev–Trinajstić information content (AvgIpc) is 2.69. The van der Waals surface area contributed by atoms with Crippen LogP contribution in [0.5, 0.6) is 17.2 Å². The third kappa shape index (κ3) is 5.18. The highest BCUT2D eigenvalue weighted by Crippen LogP contribution is 2.25. The first-order valence-electron chi connectivity index (χ1n) is 8.15. The largest absolute Gasteiger partial charge is 0.496 e. The molecule has 0 saturated heterocycles. The fourth-order valence-electron chi connectivity index (χ4n) is 2.32. The molecule has 3 aromatic rings. The van der Waals surface area contributed by atoms with Gasteiger partial charge in [0.2, 0.25) is 0 Å². The average molecular weight is 425 g/mol. The van der Waals surface area contributed by atoms with Crippen LogP contribution in [-0.4, -0.2) is 19.2 Å². The Morgan fingerprint density at radius 1 is 1.00 bits per heavy atom. The van der Waals surface area contributed by atoms with Gasteiger partial charge in [-0.25, -0.2) is 5.43 Å². The van der Waals surface area contributed by atoms with Crippen LogP contribution in [-0.2, 0) is 0 Å². The lowest BCUT2D eigenvalue weighted by molar-refractivity contribution is 0.0955. The Bertz CT molecular complexity index is 959. The molecule has 27 heavy (non-hydrogen) atoms. The molecule has 0 aliphatic carbocycles. The van der Waals surface area contributed by atoms with Gasteiger partial charge >= 0.3 is 0 Å². The molecule has 1 amide bonds. The van der Waals surface area contributed by atoms with Crippen LogP contribution >= 0.6 is 15.9 Å².